The second-order valence-electron chi connectivity index (χ2n) is 13.3. The molecule has 10 rings (SSSR count). The summed E-state index contributed by atoms with van der Waals surface area (Å²) in [5.74, 6) is 0.706. The maximum Gasteiger partial charge on any atom is 0.160 e. The predicted molar refractivity (Wildman–Crippen MR) is 216 cm³/mol. The molecule has 2 heterocycles. The van der Waals surface area contributed by atoms with Crippen molar-refractivity contribution >= 4 is 44.4 Å². The van der Waals surface area contributed by atoms with E-state index in [1.165, 1.54) is 38.8 Å². The summed E-state index contributed by atoms with van der Waals surface area (Å²) >= 11 is 0. The minimum atomic E-state index is 0.706. The van der Waals surface area contributed by atoms with Gasteiger partial charge >= 0.3 is 0 Å². The van der Waals surface area contributed by atoms with E-state index in [9.17, 15) is 0 Å². The van der Waals surface area contributed by atoms with Crippen molar-refractivity contribution in [1.82, 2.24) is 9.97 Å². The number of hydrogen-bond acceptors (Lipinski definition) is 3. The highest BCUT2D eigenvalue weighted by atomic mass is 16.3. The molecule has 3 nitrogen and oxygen atoms in total. The topological polar surface area (TPSA) is 38.9 Å². The molecule has 0 N–H and O–H groups in total. The Labute approximate surface area is 301 Å². The van der Waals surface area contributed by atoms with E-state index in [0.717, 1.165) is 61.8 Å². The molecule has 52 heavy (non-hydrogen) atoms. The van der Waals surface area contributed by atoms with Crippen LogP contribution in [0.25, 0.3) is 89.4 Å². The number of para-hydroxylation sites is 1. The van der Waals surface area contributed by atoms with Crippen LogP contribution in [0.4, 0.5) is 0 Å². The largest absolute Gasteiger partial charge is 0.456 e. The third-order valence-corrected chi connectivity index (χ3v) is 10.1. The van der Waals surface area contributed by atoms with Gasteiger partial charge in [0.1, 0.15) is 11.2 Å². The van der Waals surface area contributed by atoms with E-state index < -0.39 is 0 Å². The molecule has 0 spiro atoms. The van der Waals surface area contributed by atoms with Gasteiger partial charge in [0, 0.05) is 27.5 Å². The van der Waals surface area contributed by atoms with Crippen LogP contribution in [0, 0.1) is 0 Å². The maximum absolute atomic E-state index is 6.08. The van der Waals surface area contributed by atoms with E-state index in [1.54, 1.807) is 0 Å². The van der Waals surface area contributed by atoms with Gasteiger partial charge in [0.15, 0.2) is 5.82 Å². The molecular formula is C49H32N2O. The quantitative estimate of drug-likeness (QED) is 0.184. The first-order valence-corrected chi connectivity index (χ1v) is 17.7. The number of allylic oxidation sites excluding steroid dienone is 2. The van der Waals surface area contributed by atoms with Gasteiger partial charge in [0.2, 0.25) is 0 Å². The lowest BCUT2D eigenvalue weighted by Crippen LogP contribution is -2.00. The Bertz CT molecular complexity index is 2860. The smallest absolute Gasteiger partial charge is 0.160 e. The Balaban J connectivity index is 1.09. The maximum atomic E-state index is 6.08. The Hall–Kier alpha value is -6.84. The zero-order valence-electron chi connectivity index (χ0n) is 28.3. The molecule has 0 atom stereocenters. The van der Waals surface area contributed by atoms with Crippen LogP contribution in [-0.2, 0) is 0 Å². The second-order valence-corrected chi connectivity index (χ2v) is 13.3. The van der Waals surface area contributed by atoms with Crippen molar-refractivity contribution in [1.29, 1.82) is 0 Å². The number of benzene rings is 7. The number of nitrogens with zero attached hydrogens (tertiary/aromatic N) is 2. The molecule has 1 aliphatic carbocycles. The van der Waals surface area contributed by atoms with Crippen molar-refractivity contribution in [3.8, 4) is 45.0 Å². The highest BCUT2D eigenvalue weighted by Gasteiger charge is 2.19. The summed E-state index contributed by atoms with van der Waals surface area (Å²) in [4.78, 5) is 10.4. The molecule has 7 aromatic carbocycles. The molecule has 244 valence electrons. The molecule has 0 saturated heterocycles. The molecule has 3 heteroatoms. The summed E-state index contributed by atoms with van der Waals surface area (Å²) in [6, 6.07) is 57.6. The van der Waals surface area contributed by atoms with E-state index in [0.29, 0.717) is 5.82 Å². The number of furan rings is 1. The molecule has 0 saturated carbocycles. The fraction of sp³-hybridized carbons (Fsp3) is 0.0204. The Morgan fingerprint density at radius 1 is 0.462 bits per heavy atom. The van der Waals surface area contributed by atoms with Crippen LogP contribution in [-0.4, -0.2) is 9.97 Å². The van der Waals surface area contributed by atoms with E-state index >= 15 is 0 Å². The number of hydrogen-bond donors (Lipinski definition) is 0. The van der Waals surface area contributed by atoms with Crippen molar-refractivity contribution in [2.45, 2.75) is 6.42 Å². The lowest BCUT2D eigenvalue weighted by Gasteiger charge is -2.17. The van der Waals surface area contributed by atoms with Crippen molar-refractivity contribution < 1.29 is 4.42 Å². The van der Waals surface area contributed by atoms with E-state index in [1.807, 2.05) is 30.3 Å². The monoisotopic (exact) mass is 664 g/mol. The van der Waals surface area contributed by atoms with Crippen LogP contribution >= 0.6 is 0 Å². The van der Waals surface area contributed by atoms with Gasteiger partial charge in [-0.05, 0) is 87.0 Å². The summed E-state index contributed by atoms with van der Waals surface area (Å²) < 4.78 is 6.08. The fourth-order valence-corrected chi connectivity index (χ4v) is 7.53. The van der Waals surface area contributed by atoms with Gasteiger partial charge in [-0.25, -0.2) is 9.97 Å². The minimum absolute atomic E-state index is 0.706. The standard InChI is InChI=1S/C49H32N2O/c1-3-12-32(13-4-1)40-18-8-7-14-33-17-11-20-42(48(33)40)45-31-44(50-49(51-45)34-15-5-2-6-16-34)39-25-24-35-28-36(22-23-37(35)29-39)38-26-27-47-43(30-38)41-19-9-10-21-46(41)52-47/h1-7,9-31H,8H2. The Kier molecular flexibility index (Phi) is 7.21. The Morgan fingerprint density at radius 2 is 1.13 bits per heavy atom. The molecule has 0 fully saturated rings. The zero-order valence-corrected chi connectivity index (χ0v) is 28.3. The van der Waals surface area contributed by atoms with Gasteiger partial charge in [0.25, 0.3) is 0 Å². The van der Waals surface area contributed by atoms with Crippen molar-refractivity contribution in [2.24, 2.45) is 0 Å². The third kappa shape index (κ3) is 5.31. The van der Waals surface area contributed by atoms with Crippen LogP contribution in [0.2, 0.25) is 0 Å². The summed E-state index contributed by atoms with van der Waals surface area (Å²) in [5.41, 5.74) is 13.9. The summed E-state index contributed by atoms with van der Waals surface area (Å²) in [6.07, 6.45) is 7.67. The first kappa shape index (κ1) is 30.0. The molecular weight excluding hydrogens is 633 g/mol. The van der Waals surface area contributed by atoms with Gasteiger partial charge < -0.3 is 4.42 Å². The van der Waals surface area contributed by atoms with Crippen molar-refractivity contribution in [3.63, 3.8) is 0 Å². The van der Waals surface area contributed by atoms with Gasteiger partial charge in [-0.1, -0.05) is 146 Å². The molecule has 0 bridgehead atoms. The minimum Gasteiger partial charge on any atom is -0.456 e. The number of rotatable bonds is 5. The lowest BCUT2D eigenvalue weighted by molar-refractivity contribution is 0.669. The van der Waals surface area contributed by atoms with E-state index in [2.05, 4.69) is 152 Å². The fourth-order valence-electron chi connectivity index (χ4n) is 7.53. The summed E-state index contributed by atoms with van der Waals surface area (Å²) in [5, 5.41) is 4.61. The molecule has 0 aliphatic heterocycles. The average molecular weight is 665 g/mol. The van der Waals surface area contributed by atoms with Crippen molar-refractivity contribution in [2.75, 3.05) is 0 Å². The molecule has 0 radical (unpaired) electrons. The normalized spacial score (nSPS) is 12.6. The first-order chi connectivity index (χ1) is 25.7. The van der Waals surface area contributed by atoms with Crippen LogP contribution in [0.5, 0.6) is 0 Å². The predicted octanol–water partition coefficient (Wildman–Crippen LogP) is 13.0. The molecule has 1 aliphatic rings. The Morgan fingerprint density at radius 3 is 1.98 bits per heavy atom. The van der Waals surface area contributed by atoms with Gasteiger partial charge in [0.05, 0.1) is 11.4 Å². The summed E-state index contributed by atoms with van der Waals surface area (Å²) in [7, 11) is 0. The third-order valence-electron chi connectivity index (χ3n) is 10.1. The van der Waals surface area contributed by atoms with Crippen molar-refractivity contribution in [3.05, 3.63) is 193 Å². The van der Waals surface area contributed by atoms with Crippen LogP contribution < -0.4 is 0 Å². The zero-order chi connectivity index (χ0) is 34.4. The van der Waals surface area contributed by atoms with Gasteiger partial charge in [-0.15, -0.1) is 0 Å². The second kappa shape index (κ2) is 12.5. The molecule has 0 unspecified atom stereocenters. The number of aromatic nitrogens is 2. The average Bonchev–Trinajstić information content (AvgIpc) is 3.44. The van der Waals surface area contributed by atoms with E-state index in [-0.39, 0.29) is 0 Å². The van der Waals surface area contributed by atoms with Crippen LogP contribution in [0.15, 0.2) is 180 Å². The highest BCUT2D eigenvalue weighted by molar-refractivity contribution is 6.06. The first-order valence-electron chi connectivity index (χ1n) is 17.7. The summed E-state index contributed by atoms with van der Waals surface area (Å²) in [6.45, 7) is 0. The lowest BCUT2D eigenvalue weighted by atomic mass is 9.88. The van der Waals surface area contributed by atoms with E-state index in [4.69, 9.17) is 14.4 Å². The highest BCUT2D eigenvalue weighted by Crippen LogP contribution is 2.39. The van der Waals surface area contributed by atoms with Gasteiger partial charge in [-0.3, -0.25) is 0 Å². The van der Waals surface area contributed by atoms with Crippen LogP contribution in [0.3, 0.4) is 0 Å². The molecule has 9 aromatic rings. The molecule has 2 aromatic heterocycles. The van der Waals surface area contributed by atoms with Crippen LogP contribution in [0.1, 0.15) is 23.1 Å². The molecule has 0 amide bonds. The SMILES string of the molecule is C1=Cc2cccc(-c3cc(-c4ccc5cc(-c6ccc7oc8ccccc8c7c6)ccc5c4)nc(-c4ccccc4)n3)c2C(c2ccccc2)=CC1. The van der Waals surface area contributed by atoms with Gasteiger partial charge in [-0.2, -0.15) is 0 Å². The number of fused-ring (bicyclic) bond motifs is 5.